The molecule has 3 N–H and O–H groups in total. The molecule has 0 bridgehead atoms. The molecule has 1 atom stereocenters. The second-order valence-electron chi connectivity index (χ2n) is 3.88. The maximum absolute atomic E-state index is 13.2. The van der Waals surface area contributed by atoms with Crippen molar-refractivity contribution in [2.24, 2.45) is 5.73 Å². The largest absolute Gasteiger partial charge is 0.477 e. The van der Waals surface area contributed by atoms with Crippen LogP contribution in [0, 0.1) is 29.1 Å². The van der Waals surface area contributed by atoms with Crippen LogP contribution in [0.5, 0.6) is 5.75 Å². The number of benzene rings is 1. The molecular weight excluding hydrogens is 303 g/mol. The van der Waals surface area contributed by atoms with Crippen LogP contribution < -0.4 is 15.8 Å². The quantitative estimate of drug-likeness (QED) is 0.478. The van der Waals surface area contributed by atoms with E-state index in [0.717, 1.165) is 0 Å². The molecule has 21 heavy (non-hydrogen) atoms. The highest BCUT2D eigenvalue weighted by Gasteiger charge is 2.27. The van der Waals surface area contributed by atoms with Gasteiger partial charge in [-0.15, -0.1) is 0 Å². The molecule has 0 aliphatic heterocycles. The van der Waals surface area contributed by atoms with Crippen LogP contribution in [-0.4, -0.2) is 24.5 Å². The number of hydrogen-bond donors (Lipinski definition) is 2. The fraction of sp³-hybridized carbons (Fsp3) is 0.273. The third-order valence-electron chi connectivity index (χ3n) is 2.32. The summed E-state index contributed by atoms with van der Waals surface area (Å²) in [4.78, 5) is 21.9. The molecule has 0 radical (unpaired) electrons. The highest BCUT2D eigenvalue weighted by Crippen LogP contribution is 2.28. The van der Waals surface area contributed by atoms with E-state index in [1.165, 1.54) is 6.92 Å². The monoisotopic (exact) mass is 312 g/mol. The summed E-state index contributed by atoms with van der Waals surface area (Å²) in [7, 11) is 0. The van der Waals surface area contributed by atoms with Gasteiger partial charge in [-0.05, 0) is 6.92 Å². The van der Waals surface area contributed by atoms with Crippen LogP contribution in [-0.2, 0) is 9.59 Å². The third kappa shape index (κ3) is 3.58. The first-order valence-corrected chi connectivity index (χ1v) is 5.39. The van der Waals surface area contributed by atoms with Crippen molar-refractivity contribution < 1.29 is 36.3 Å². The molecule has 0 aliphatic carbocycles. The Bertz CT molecular complexity index is 565. The van der Waals surface area contributed by atoms with Gasteiger partial charge in [-0.3, -0.25) is 9.59 Å². The predicted molar refractivity (Wildman–Crippen MR) is 58.5 cm³/mol. The number of nitrogens with one attached hydrogen (secondary N) is 1. The number of hydrogen-bond acceptors (Lipinski definition) is 3. The van der Waals surface area contributed by atoms with E-state index in [0.29, 0.717) is 0 Å². The van der Waals surface area contributed by atoms with Crippen molar-refractivity contribution in [3.63, 3.8) is 0 Å². The molecule has 0 saturated heterocycles. The zero-order valence-electron chi connectivity index (χ0n) is 10.5. The van der Waals surface area contributed by atoms with Gasteiger partial charge in [0.2, 0.25) is 35.0 Å². The topological polar surface area (TPSA) is 81.4 Å². The molecular formula is C11H9F5N2O3. The Morgan fingerprint density at radius 3 is 1.90 bits per heavy atom. The first kappa shape index (κ1) is 16.7. The smallest absolute Gasteiger partial charge is 0.258 e. The fourth-order valence-corrected chi connectivity index (χ4v) is 1.20. The summed E-state index contributed by atoms with van der Waals surface area (Å²) in [6.07, 6.45) is 0. The number of amides is 2. The Hall–Kier alpha value is -2.39. The van der Waals surface area contributed by atoms with Crippen molar-refractivity contribution in [3.8, 4) is 5.75 Å². The van der Waals surface area contributed by atoms with Crippen LogP contribution in [0.4, 0.5) is 22.0 Å². The number of carbonyl (C=O) groups is 2. The Kier molecular flexibility index (Phi) is 5.06. The second-order valence-corrected chi connectivity index (χ2v) is 3.88. The molecule has 116 valence electrons. The SMILES string of the molecule is C[C@H](NC(=O)COc1c(F)c(F)c(F)c(F)c1F)C(N)=O. The lowest BCUT2D eigenvalue weighted by atomic mass is 10.2. The number of nitrogens with two attached hydrogens (primary N) is 1. The van der Waals surface area contributed by atoms with Gasteiger partial charge in [0, 0.05) is 0 Å². The van der Waals surface area contributed by atoms with Crippen molar-refractivity contribution in [1.82, 2.24) is 5.32 Å². The third-order valence-corrected chi connectivity index (χ3v) is 2.32. The van der Waals surface area contributed by atoms with Crippen molar-refractivity contribution in [2.45, 2.75) is 13.0 Å². The van der Waals surface area contributed by atoms with Gasteiger partial charge in [0.1, 0.15) is 6.04 Å². The highest BCUT2D eigenvalue weighted by atomic mass is 19.2. The van der Waals surface area contributed by atoms with Crippen molar-refractivity contribution in [1.29, 1.82) is 0 Å². The van der Waals surface area contributed by atoms with Crippen molar-refractivity contribution >= 4 is 11.8 Å². The maximum atomic E-state index is 13.2. The summed E-state index contributed by atoms with van der Waals surface area (Å²) in [5, 5.41) is 1.98. The Morgan fingerprint density at radius 1 is 1.05 bits per heavy atom. The molecule has 0 saturated carbocycles. The normalized spacial score (nSPS) is 11.9. The minimum absolute atomic E-state index is 0.889. The number of rotatable bonds is 5. The first-order chi connectivity index (χ1) is 9.66. The van der Waals surface area contributed by atoms with Gasteiger partial charge in [0.15, 0.2) is 12.4 Å². The molecule has 0 unspecified atom stereocenters. The van der Waals surface area contributed by atoms with E-state index in [9.17, 15) is 31.5 Å². The molecule has 0 aromatic heterocycles. The van der Waals surface area contributed by atoms with Crippen LogP contribution in [0.1, 0.15) is 6.92 Å². The summed E-state index contributed by atoms with van der Waals surface area (Å²) in [6, 6.07) is -1.10. The van der Waals surface area contributed by atoms with E-state index in [-0.39, 0.29) is 0 Å². The fourth-order valence-electron chi connectivity index (χ4n) is 1.20. The average Bonchev–Trinajstić information content (AvgIpc) is 2.42. The average molecular weight is 312 g/mol. The number of carbonyl (C=O) groups excluding carboxylic acids is 2. The molecule has 1 rings (SSSR count). The first-order valence-electron chi connectivity index (χ1n) is 5.39. The summed E-state index contributed by atoms with van der Waals surface area (Å²) in [5.74, 6) is -14.7. The lowest BCUT2D eigenvalue weighted by Gasteiger charge is -2.12. The lowest BCUT2D eigenvalue weighted by Crippen LogP contribution is -2.44. The van der Waals surface area contributed by atoms with Crippen LogP contribution in [0.3, 0.4) is 0 Å². The Balaban J connectivity index is 2.86. The summed E-state index contributed by atoms with van der Waals surface area (Å²) in [6.45, 7) is 0.147. The van der Waals surface area contributed by atoms with E-state index in [1.807, 2.05) is 5.32 Å². The van der Waals surface area contributed by atoms with Crippen LogP contribution in [0.2, 0.25) is 0 Å². The van der Waals surface area contributed by atoms with E-state index in [1.54, 1.807) is 0 Å². The molecule has 5 nitrogen and oxygen atoms in total. The molecule has 0 spiro atoms. The highest BCUT2D eigenvalue weighted by molar-refractivity contribution is 5.86. The lowest BCUT2D eigenvalue weighted by molar-refractivity contribution is -0.128. The summed E-state index contributed by atoms with van der Waals surface area (Å²) in [5.41, 5.74) is 4.84. The van der Waals surface area contributed by atoms with E-state index in [2.05, 4.69) is 4.74 Å². The maximum Gasteiger partial charge on any atom is 0.258 e. The van der Waals surface area contributed by atoms with E-state index >= 15 is 0 Å². The molecule has 0 heterocycles. The Labute approximate surface area is 114 Å². The van der Waals surface area contributed by atoms with Crippen molar-refractivity contribution in [2.75, 3.05) is 6.61 Å². The summed E-state index contributed by atoms with van der Waals surface area (Å²) < 4.78 is 69.1. The zero-order valence-corrected chi connectivity index (χ0v) is 10.5. The zero-order chi connectivity index (χ0) is 16.3. The second kappa shape index (κ2) is 6.37. The number of primary amides is 1. The van der Waals surface area contributed by atoms with Crippen LogP contribution >= 0.6 is 0 Å². The molecule has 2 amide bonds. The molecule has 1 aromatic rings. The molecule has 1 aromatic carbocycles. The van der Waals surface area contributed by atoms with Crippen LogP contribution in [0.25, 0.3) is 0 Å². The van der Waals surface area contributed by atoms with Gasteiger partial charge in [-0.2, -0.15) is 8.78 Å². The number of halogens is 5. The van der Waals surface area contributed by atoms with E-state index in [4.69, 9.17) is 5.73 Å². The van der Waals surface area contributed by atoms with Gasteiger partial charge in [-0.1, -0.05) is 0 Å². The van der Waals surface area contributed by atoms with Gasteiger partial charge < -0.3 is 15.8 Å². The van der Waals surface area contributed by atoms with Gasteiger partial charge in [-0.25, -0.2) is 13.2 Å². The standard InChI is InChI=1S/C11H9F5N2O3/c1-3(11(17)20)18-4(19)2-21-10-8(15)6(13)5(12)7(14)9(10)16/h3H,2H2,1H3,(H2,17,20)(H,18,19)/t3-/m0/s1. The number of ether oxygens (including phenoxy) is 1. The molecule has 0 fully saturated rings. The minimum Gasteiger partial charge on any atom is -0.477 e. The van der Waals surface area contributed by atoms with Gasteiger partial charge >= 0.3 is 0 Å². The molecule has 0 aliphatic rings. The Morgan fingerprint density at radius 2 is 1.48 bits per heavy atom. The van der Waals surface area contributed by atoms with E-state index < -0.39 is 59.3 Å². The van der Waals surface area contributed by atoms with Crippen LogP contribution in [0.15, 0.2) is 0 Å². The molecule has 10 heteroatoms. The minimum atomic E-state index is -2.34. The summed E-state index contributed by atoms with van der Waals surface area (Å²) >= 11 is 0. The predicted octanol–water partition coefficient (Wildman–Crippen LogP) is 0.751. The van der Waals surface area contributed by atoms with Gasteiger partial charge in [0.05, 0.1) is 0 Å². The van der Waals surface area contributed by atoms with Crippen molar-refractivity contribution in [3.05, 3.63) is 29.1 Å². The van der Waals surface area contributed by atoms with Gasteiger partial charge in [0.25, 0.3) is 5.91 Å².